The minimum Gasteiger partial charge on any atom is -0.485 e. The fourth-order valence-corrected chi connectivity index (χ4v) is 4.52. The molecule has 2 aromatic carbocycles. The second-order valence-corrected chi connectivity index (χ2v) is 10.2. The van der Waals surface area contributed by atoms with Gasteiger partial charge in [0.05, 0.1) is 25.2 Å². The van der Waals surface area contributed by atoms with Crippen molar-refractivity contribution in [3.05, 3.63) is 64.1 Å². The molecule has 14 heteroatoms. The van der Waals surface area contributed by atoms with E-state index < -0.39 is 47.0 Å². The van der Waals surface area contributed by atoms with E-state index in [1.807, 2.05) is 0 Å². The van der Waals surface area contributed by atoms with Gasteiger partial charge in [-0.1, -0.05) is 35.3 Å². The summed E-state index contributed by atoms with van der Waals surface area (Å²) in [7, 11) is -10.6. The molecule has 2 rings (SSSR count). The van der Waals surface area contributed by atoms with Crippen molar-refractivity contribution in [1.29, 1.82) is 0 Å². The summed E-state index contributed by atoms with van der Waals surface area (Å²) in [6, 6.07) is 12.3. The minimum atomic E-state index is -5.35. The Morgan fingerprint density at radius 3 is 1.81 bits per heavy atom. The van der Waals surface area contributed by atoms with Gasteiger partial charge in [-0.05, 0) is 42.0 Å². The van der Waals surface area contributed by atoms with Crippen molar-refractivity contribution in [1.82, 2.24) is 0 Å². The van der Waals surface area contributed by atoms with Gasteiger partial charge in [-0.25, -0.2) is 9.13 Å². The lowest BCUT2D eigenvalue weighted by Gasteiger charge is -2.38. The summed E-state index contributed by atoms with van der Waals surface area (Å²) in [6.45, 7) is -2.48. The molecule has 0 saturated heterocycles. The van der Waals surface area contributed by atoms with E-state index in [1.54, 1.807) is 24.3 Å². The lowest BCUT2D eigenvalue weighted by atomic mass is 9.80. The topological polar surface area (TPSA) is 163 Å². The first-order valence-corrected chi connectivity index (χ1v) is 12.3. The van der Waals surface area contributed by atoms with Gasteiger partial charge >= 0.3 is 15.6 Å². The van der Waals surface area contributed by atoms with Gasteiger partial charge in [-0.2, -0.15) is 4.31 Å². The Labute approximate surface area is 187 Å². The smallest absolute Gasteiger partial charge is 0.481 e. The quantitative estimate of drug-likeness (QED) is 0.280. The van der Waals surface area contributed by atoms with Crippen molar-refractivity contribution in [3.63, 3.8) is 0 Å². The number of hydrogen-bond donors (Lipinski definition) is 5. The molecule has 0 aromatic heterocycles. The summed E-state index contributed by atoms with van der Waals surface area (Å²) in [5, 5.41) is 21.0. The van der Waals surface area contributed by atoms with Gasteiger partial charge in [-0.3, -0.25) is 4.52 Å². The fraction of sp³-hybridized carbons (Fsp3) is 0.294. The lowest BCUT2D eigenvalue weighted by Crippen LogP contribution is -2.43. The number of phosphoric acid groups is 2. The number of aliphatic hydroxyl groups is 2. The highest BCUT2D eigenvalue weighted by Gasteiger charge is 2.44. The van der Waals surface area contributed by atoms with Crippen molar-refractivity contribution in [3.8, 4) is 5.75 Å². The molecular weight excluding hydrogens is 497 g/mol. The van der Waals surface area contributed by atoms with Crippen LogP contribution in [0, 0.1) is 5.41 Å². The van der Waals surface area contributed by atoms with Gasteiger partial charge in [0.2, 0.25) is 0 Å². The van der Waals surface area contributed by atoms with E-state index in [-0.39, 0.29) is 5.75 Å². The van der Waals surface area contributed by atoms with E-state index in [9.17, 15) is 24.2 Å². The Kier molecular flexibility index (Phi) is 9.10. The van der Waals surface area contributed by atoms with Gasteiger partial charge in [-0.15, -0.1) is 0 Å². The molecule has 2 atom stereocenters. The van der Waals surface area contributed by atoms with Crippen molar-refractivity contribution in [2.45, 2.75) is 6.10 Å². The highest BCUT2D eigenvalue weighted by atomic mass is 35.5. The van der Waals surface area contributed by atoms with E-state index in [0.29, 0.717) is 15.6 Å². The molecule has 0 aliphatic heterocycles. The third-order valence-corrected chi connectivity index (χ3v) is 6.79. The molecule has 0 amide bonds. The second-order valence-electron chi connectivity index (χ2n) is 6.50. The summed E-state index contributed by atoms with van der Waals surface area (Å²) >= 11 is 11.8. The maximum Gasteiger partial charge on any atom is 0.481 e. The summed E-state index contributed by atoms with van der Waals surface area (Å²) < 4.78 is 37.2. The molecule has 31 heavy (non-hydrogen) atoms. The highest BCUT2D eigenvalue weighted by molar-refractivity contribution is 7.60. The third kappa shape index (κ3) is 7.82. The molecule has 172 valence electrons. The van der Waals surface area contributed by atoms with Crippen LogP contribution in [0.5, 0.6) is 5.75 Å². The molecule has 0 spiro atoms. The number of halogens is 2. The van der Waals surface area contributed by atoms with Crippen LogP contribution >= 0.6 is 38.8 Å². The van der Waals surface area contributed by atoms with Gasteiger partial charge < -0.3 is 29.6 Å². The predicted octanol–water partition coefficient (Wildman–Crippen LogP) is 3.31. The third-order valence-electron chi connectivity index (χ3n) is 4.15. The molecule has 0 aliphatic rings. The lowest BCUT2D eigenvalue weighted by molar-refractivity contribution is -0.0722. The average Bonchev–Trinajstić information content (AvgIpc) is 2.68. The molecule has 2 aromatic rings. The minimum absolute atomic E-state index is 0.286. The van der Waals surface area contributed by atoms with Crippen LogP contribution in [-0.4, -0.2) is 44.7 Å². The first-order valence-electron chi connectivity index (χ1n) is 8.53. The highest BCUT2D eigenvalue weighted by Crippen LogP contribution is 2.58. The Morgan fingerprint density at radius 1 is 0.871 bits per heavy atom. The van der Waals surface area contributed by atoms with Crippen LogP contribution in [0.4, 0.5) is 0 Å². The molecule has 0 heterocycles. The van der Waals surface area contributed by atoms with Crippen LogP contribution in [0.3, 0.4) is 0 Å². The standard InChI is InChI=1S/C17H20Cl2O10P2/c18-13-3-1-12(2-4-13)16(28-15-7-5-14(19)6-8-15)17(9-20,10-21)11-27-31(25,26)29-30(22,23)24/h1-8,16,20-21H,9-11H2,(H,25,26)(H2,22,23,24). The van der Waals surface area contributed by atoms with Crippen molar-refractivity contribution in [2.75, 3.05) is 19.8 Å². The normalized spacial score (nSPS) is 15.3. The molecule has 0 radical (unpaired) electrons. The first kappa shape index (κ1) is 26.3. The van der Waals surface area contributed by atoms with Crippen molar-refractivity contribution >= 4 is 38.8 Å². The van der Waals surface area contributed by atoms with Crippen LogP contribution in [0.15, 0.2) is 48.5 Å². The van der Waals surface area contributed by atoms with E-state index in [4.69, 9.17) is 37.7 Å². The van der Waals surface area contributed by atoms with Crippen LogP contribution in [0.2, 0.25) is 10.0 Å². The monoisotopic (exact) mass is 516 g/mol. The molecule has 10 nitrogen and oxygen atoms in total. The molecular formula is C17H20Cl2O10P2. The Balaban J connectivity index is 2.41. The number of ether oxygens (including phenoxy) is 1. The van der Waals surface area contributed by atoms with Gasteiger partial charge in [0.15, 0.2) is 0 Å². The van der Waals surface area contributed by atoms with Crippen LogP contribution in [0.1, 0.15) is 11.7 Å². The van der Waals surface area contributed by atoms with E-state index in [0.717, 1.165) is 0 Å². The van der Waals surface area contributed by atoms with Crippen LogP contribution in [-0.2, 0) is 18.0 Å². The van der Waals surface area contributed by atoms with Gasteiger partial charge in [0, 0.05) is 10.0 Å². The largest absolute Gasteiger partial charge is 0.485 e. The number of benzene rings is 2. The molecule has 5 N–H and O–H groups in total. The Morgan fingerprint density at radius 2 is 1.35 bits per heavy atom. The summed E-state index contributed by atoms with van der Waals surface area (Å²) in [6.07, 6.45) is -1.16. The summed E-state index contributed by atoms with van der Waals surface area (Å²) in [5.74, 6) is 0.286. The average molecular weight is 517 g/mol. The zero-order chi connectivity index (χ0) is 23.3. The molecule has 0 aliphatic carbocycles. The van der Waals surface area contributed by atoms with Gasteiger partial charge in [0.25, 0.3) is 0 Å². The molecule has 0 fully saturated rings. The number of aliphatic hydroxyl groups excluding tert-OH is 2. The summed E-state index contributed by atoms with van der Waals surface area (Å²) in [5.41, 5.74) is -1.33. The maximum atomic E-state index is 11.9. The molecule has 2 unspecified atom stereocenters. The molecule has 0 saturated carbocycles. The van der Waals surface area contributed by atoms with Crippen molar-refractivity contribution < 1.29 is 47.6 Å². The SMILES string of the molecule is O=P(O)(O)OP(=O)(O)OCC(CO)(CO)C(Oc1ccc(Cl)cc1)c1ccc(Cl)cc1. The first-order chi connectivity index (χ1) is 14.4. The molecule has 0 bridgehead atoms. The van der Waals surface area contributed by atoms with Crippen LogP contribution < -0.4 is 4.74 Å². The zero-order valence-electron chi connectivity index (χ0n) is 15.7. The second kappa shape index (κ2) is 10.7. The maximum absolute atomic E-state index is 11.9. The van der Waals surface area contributed by atoms with Crippen LogP contribution in [0.25, 0.3) is 0 Å². The van der Waals surface area contributed by atoms with Gasteiger partial charge in [0.1, 0.15) is 11.9 Å². The number of phosphoric ester groups is 1. The number of hydrogen-bond acceptors (Lipinski definition) is 7. The predicted molar refractivity (Wildman–Crippen MR) is 112 cm³/mol. The van der Waals surface area contributed by atoms with E-state index >= 15 is 0 Å². The van der Waals surface area contributed by atoms with E-state index in [1.165, 1.54) is 24.3 Å². The van der Waals surface area contributed by atoms with E-state index in [2.05, 4.69) is 8.83 Å². The summed E-state index contributed by atoms with van der Waals surface area (Å²) in [4.78, 5) is 27.1. The number of rotatable bonds is 11. The fourth-order valence-electron chi connectivity index (χ4n) is 2.58. The zero-order valence-corrected chi connectivity index (χ0v) is 19.0. The Bertz CT molecular complexity index is 944. The van der Waals surface area contributed by atoms with Crippen molar-refractivity contribution in [2.24, 2.45) is 5.41 Å². The Hall–Kier alpha value is -1.00.